The summed E-state index contributed by atoms with van der Waals surface area (Å²) in [7, 11) is 1.45. The van der Waals surface area contributed by atoms with E-state index in [1.165, 1.54) is 13.5 Å². The molecule has 0 saturated heterocycles. The van der Waals surface area contributed by atoms with Crippen molar-refractivity contribution in [2.45, 2.75) is 32.1 Å². The van der Waals surface area contributed by atoms with Crippen LogP contribution in [0.3, 0.4) is 0 Å². The summed E-state index contributed by atoms with van der Waals surface area (Å²) in [5.41, 5.74) is 0. The van der Waals surface area contributed by atoms with E-state index in [2.05, 4.69) is 16.9 Å². The van der Waals surface area contributed by atoms with Gasteiger partial charge in [0.05, 0.1) is 7.11 Å². The fourth-order valence-electron chi connectivity index (χ4n) is 1.55. The van der Waals surface area contributed by atoms with Crippen LogP contribution in [0.4, 0.5) is 0 Å². The van der Waals surface area contributed by atoms with Gasteiger partial charge >= 0.3 is 5.97 Å². The Kier molecular flexibility index (Phi) is 3.85. The number of methoxy groups -OCH3 is 1. The van der Waals surface area contributed by atoms with Gasteiger partial charge in [-0.05, 0) is 31.6 Å². The molecule has 1 rings (SSSR count). The number of allylic oxidation sites excluding steroid dienone is 2. The van der Waals surface area contributed by atoms with Gasteiger partial charge in [0, 0.05) is 6.42 Å². The number of ether oxygens (including phenoxy) is 1. The van der Waals surface area contributed by atoms with Crippen LogP contribution in [0.5, 0.6) is 0 Å². The average Bonchev–Trinajstić information content (AvgIpc) is 2.33. The van der Waals surface area contributed by atoms with Crippen molar-refractivity contribution in [2.24, 2.45) is 5.92 Å². The lowest BCUT2D eigenvalue weighted by molar-refractivity contribution is -0.141. The number of rotatable bonds is 2. The van der Waals surface area contributed by atoms with Crippen LogP contribution in [-0.4, -0.2) is 13.1 Å². The monoisotopic (exact) mass is 168 g/mol. The van der Waals surface area contributed by atoms with E-state index in [1.54, 1.807) is 0 Å². The second-order valence-corrected chi connectivity index (χ2v) is 3.28. The Morgan fingerprint density at radius 1 is 1.58 bits per heavy atom. The Labute approximate surface area is 73.6 Å². The van der Waals surface area contributed by atoms with Crippen molar-refractivity contribution in [3.8, 4) is 0 Å². The van der Waals surface area contributed by atoms with E-state index < -0.39 is 0 Å². The van der Waals surface area contributed by atoms with Gasteiger partial charge in [0.25, 0.3) is 0 Å². The molecule has 1 aliphatic carbocycles. The number of hydrogen-bond donors (Lipinski definition) is 0. The molecule has 0 aromatic carbocycles. The van der Waals surface area contributed by atoms with Gasteiger partial charge in [0.2, 0.25) is 0 Å². The Balaban J connectivity index is 2.30. The molecule has 68 valence electrons. The molecule has 0 N–H and O–H groups in total. The van der Waals surface area contributed by atoms with Crippen LogP contribution >= 0.6 is 0 Å². The molecule has 0 fully saturated rings. The molecule has 1 aliphatic rings. The van der Waals surface area contributed by atoms with Gasteiger partial charge in [0.1, 0.15) is 0 Å². The molecular formula is C10H16O2. The minimum absolute atomic E-state index is 0.0738. The highest BCUT2D eigenvalue weighted by Gasteiger charge is 2.13. The molecule has 0 amide bonds. The first-order chi connectivity index (χ1) is 5.83. The molecule has 0 saturated carbocycles. The van der Waals surface area contributed by atoms with Crippen LogP contribution in [0.25, 0.3) is 0 Å². The summed E-state index contributed by atoms with van der Waals surface area (Å²) in [6.07, 6.45) is 9.53. The first-order valence-electron chi connectivity index (χ1n) is 4.54. The van der Waals surface area contributed by atoms with Crippen LogP contribution in [-0.2, 0) is 9.53 Å². The number of hydrogen-bond acceptors (Lipinski definition) is 2. The molecule has 1 unspecified atom stereocenters. The quantitative estimate of drug-likeness (QED) is 0.467. The van der Waals surface area contributed by atoms with Crippen LogP contribution in [0.2, 0.25) is 0 Å². The van der Waals surface area contributed by atoms with Gasteiger partial charge in [-0.15, -0.1) is 0 Å². The Bertz CT molecular complexity index is 173. The van der Waals surface area contributed by atoms with E-state index in [1.807, 2.05) is 0 Å². The molecule has 0 aromatic rings. The predicted octanol–water partition coefficient (Wildman–Crippen LogP) is 2.30. The molecule has 0 aromatic heterocycles. The summed E-state index contributed by atoms with van der Waals surface area (Å²) in [6.45, 7) is 0. The molecule has 0 radical (unpaired) electrons. The van der Waals surface area contributed by atoms with E-state index in [9.17, 15) is 4.79 Å². The highest BCUT2D eigenvalue weighted by atomic mass is 16.5. The Hall–Kier alpha value is -0.790. The van der Waals surface area contributed by atoms with Crippen molar-refractivity contribution in [1.82, 2.24) is 0 Å². The number of carbonyl (C=O) groups is 1. The van der Waals surface area contributed by atoms with Crippen LogP contribution < -0.4 is 0 Å². The molecular weight excluding hydrogens is 152 g/mol. The lowest BCUT2D eigenvalue weighted by Crippen LogP contribution is -2.08. The smallest absolute Gasteiger partial charge is 0.305 e. The van der Waals surface area contributed by atoms with Gasteiger partial charge in [0.15, 0.2) is 0 Å². The maximum absolute atomic E-state index is 10.9. The second kappa shape index (κ2) is 4.96. The van der Waals surface area contributed by atoms with Crippen molar-refractivity contribution in [1.29, 1.82) is 0 Å². The van der Waals surface area contributed by atoms with Gasteiger partial charge < -0.3 is 4.74 Å². The summed E-state index contributed by atoms with van der Waals surface area (Å²) in [6, 6.07) is 0. The van der Waals surface area contributed by atoms with E-state index in [4.69, 9.17) is 0 Å². The zero-order valence-corrected chi connectivity index (χ0v) is 7.58. The van der Waals surface area contributed by atoms with E-state index in [-0.39, 0.29) is 5.97 Å². The van der Waals surface area contributed by atoms with Crippen molar-refractivity contribution in [3.63, 3.8) is 0 Å². The lowest BCUT2D eigenvalue weighted by Gasteiger charge is -2.10. The molecule has 0 bridgehead atoms. The molecule has 2 nitrogen and oxygen atoms in total. The Morgan fingerprint density at radius 3 is 3.17 bits per heavy atom. The van der Waals surface area contributed by atoms with Gasteiger partial charge in [-0.3, -0.25) is 4.79 Å². The fraction of sp³-hybridized carbons (Fsp3) is 0.700. The van der Waals surface area contributed by atoms with Crippen LogP contribution in [0.1, 0.15) is 32.1 Å². The molecule has 0 heterocycles. The summed E-state index contributed by atoms with van der Waals surface area (Å²) in [5.74, 6) is 0.437. The minimum atomic E-state index is -0.0738. The highest BCUT2D eigenvalue weighted by Crippen LogP contribution is 2.21. The largest absolute Gasteiger partial charge is 0.469 e. The average molecular weight is 168 g/mol. The topological polar surface area (TPSA) is 26.3 Å². The number of carbonyl (C=O) groups excluding carboxylic acids is 1. The van der Waals surface area contributed by atoms with Gasteiger partial charge in [-0.25, -0.2) is 0 Å². The summed E-state index contributed by atoms with van der Waals surface area (Å²) < 4.78 is 4.63. The third kappa shape index (κ3) is 3.07. The van der Waals surface area contributed by atoms with E-state index >= 15 is 0 Å². The van der Waals surface area contributed by atoms with Crippen molar-refractivity contribution < 1.29 is 9.53 Å². The summed E-state index contributed by atoms with van der Waals surface area (Å²) >= 11 is 0. The zero-order valence-electron chi connectivity index (χ0n) is 7.58. The van der Waals surface area contributed by atoms with Crippen molar-refractivity contribution in [2.75, 3.05) is 7.11 Å². The van der Waals surface area contributed by atoms with Gasteiger partial charge in [-0.1, -0.05) is 12.2 Å². The first kappa shape index (κ1) is 9.30. The molecule has 0 aliphatic heterocycles. The standard InChI is InChI=1S/C10H16O2/c1-12-10(11)8-9-6-4-2-3-5-7-9/h2,4,9H,3,5-8H2,1H3. The van der Waals surface area contributed by atoms with E-state index in [0.717, 1.165) is 19.3 Å². The molecule has 2 heteroatoms. The third-order valence-electron chi connectivity index (χ3n) is 2.30. The fourth-order valence-corrected chi connectivity index (χ4v) is 1.55. The summed E-state index contributed by atoms with van der Waals surface area (Å²) in [4.78, 5) is 10.9. The minimum Gasteiger partial charge on any atom is -0.469 e. The van der Waals surface area contributed by atoms with Crippen LogP contribution in [0.15, 0.2) is 12.2 Å². The predicted molar refractivity (Wildman–Crippen MR) is 47.7 cm³/mol. The lowest BCUT2D eigenvalue weighted by atomic mass is 9.97. The maximum atomic E-state index is 10.9. The molecule has 12 heavy (non-hydrogen) atoms. The van der Waals surface area contributed by atoms with E-state index in [0.29, 0.717) is 12.3 Å². The van der Waals surface area contributed by atoms with Crippen LogP contribution in [0, 0.1) is 5.92 Å². The van der Waals surface area contributed by atoms with Crippen molar-refractivity contribution >= 4 is 5.97 Å². The van der Waals surface area contributed by atoms with Crippen molar-refractivity contribution in [3.05, 3.63) is 12.2 Å². The Morgan fingerprint density at radius 2 is 2.42 bits per heavy atom. The first-order valence-corrected chi connectivity index (χ1v) is 4.54. The normalized spacial score (nSPS) is 23.2. The molecule has 0 spiro atoms. The highest BCUT2D eigenvalue weighted by molar-refractivity contribution is 5.69. The second-order valence-electron chi connectivity index (χ2n) is 3.28. The maximum Gasteiger partial charge on any atom is 0.305 e. The third-order valence-corrected chi connectivity index (χ3v) is 2.30. The number of esters is 1. The SMILES string of the molecule is COC(=O)CC1CC=CCCC1. The molecule has 1 atom stereocenters. The van der Waals surface area contributed by atoms with Gasteiger partial charge in [-0.2, -0.15) is 0 Å². The zero-order chi connectivity index (χ0) is 8.81. The summed E-state index contributed by atoms with van der Waals surface area (Å²) in [5, 5.41) is 0.